The fourth-order valence-corrected chi connectivity index (χ4v) is 3.51. The van der Waals surface area contributed by atoms with Crippen LogP contribution in [-0.4, -0.2) is 5.11 Å². The van der Waals surface area contributed by atoms with E-state index in [0.717, 1.165) is 11.1 Å². The van der Waals surface area contributed by atoms with Crippen molar-refractivity contribution in [3.63, 3.8) is 0 Å². The molecule has 26 heavy (non-hydrogen) atoms. The average molecular weight is 336 g/mol. The van der Waals surface area contributed by atoms with Gasteiger partial charge in [0.15, 0.2) is 0 Å². The topological polar surface area (TPSA) is 20.2 Å². The van der Waals surface area contributed by atoms with Crippen molar-refractivity contribution in [2.45, 2.75) is 5.92 Å². The largest absolute Gasteiger partial charge is 0.508 e. The minimum atomic E-state index is 0.105. The SMILES string of the molecule is Oc1ccc(C(c2ccccc2)c2ccccc2)c(-c2ccccc2)c1. The third-order valence-corrected chi connectivity index (χ3v) is 4.70. The molecule has 0 fully saturated rings. The Labute approximate surface area is 154 Å². The minimum absolute atomic E-state index is 0.105. The molecule has 0 spiro atoms. The molecule has 0 heterocycles. The van der Waals surface area contributed by atoms with Crippen LogP contribution in [0.15, 0.2) is 109 Å². The van der Waals surface area contributed by atoms with Crippen molar-refractivity contribution in [3.8, 4) is 16.9 Å². The monoisotopic (exact) mass is 336 g/mol. The molecule has 4 aromatic carbocycles. The van der Waals surface area contributed by atoms with Crippen molar-refractivity contribution in [1.29, 1.82) is 0 Å². The second kappa shape index (κ2) is 7.28. The third kappa shape index (κ3) is 3.25. The van der Waals surface area contributed by atoms with E-state index in [2.05, 4.69) is 60.7 Å². The lowest BCUT2D eigenvalue weighted by Gasteiger charge is -2.22. The van der Waals surface area contributed by atoms with Crippen molar-refractivity contribution in [2.24, 2.45) is 0 Å². The molecule has 1 nitrogen and oxygen atoms in total. The summed E-state index contributed by atoms with van der Waals surface area (Å²) in [6.07, 6.45) is 0. The van der Waals surface area contributed by atoms with Crippen molar-refractivity contribution in [3.05, 3.63) is 126 Å². The van der Waals surface area contributed by atoms with E-state index in [1.54, 1.807) is 6.07 Å². The van der Waals surface area contributed by atoms with Crippen LogP contribution in [0.4, 0.5) is 0 Å². The maximum atomic E-state index is 10.1. The Hall–Kier alpha value is -3.32. The molecule has 0 aromatic heterocycles. The maximum absolute atomic E-state index is 10.1. The van der Waals surface area contributed by atoms with Gasteiger partial charge in [0.2, 0.25) is 0 Å². The Bertz CT molecular complexity index is 937. The van der Waals surface area contributed by atoms with Gasteiger partial charge in [-0.15, -0.1) is 0 Å². The van der Waals surface area contributed by atoms with Gasteiger partial charge in [-0.3, -0.25) is 0 Å². The van der Waals surface area contributed by atoms with Crippen molar-refractivity contribution < 1.29 is 5.11 Å². The lowest BCUT2D eigenvalue weighted by molar-refractivity contribution is 0.475. The number of hydrogen-bond donors (Lipinski definition) is 1. The maximum Gasteiger partial charge on any atom is 0.116 e. The highest BCUT2D eigenvalue weighted by molar-refractivity contribution is 5.71. The second-order valence-electron chi connectivity index (χ2n) is 6.39. The van der Waals surface area contributed by atoms with Gasteiger partial charge in [-0.2, -0.15) is 0 Å². The van der Waals surface area contributed by atoms with Gasteiger partial charge in [0.05, 0.1) is 0 Å². The zero-order chi connectivity index (χ0) is 17.8. The Kier molecular flexibility index (Phi) is 4.53. The van der Waals surface area contributed by atoms with E-state index in [-0.39, 0.29) is 11.7 Å². The van der Waals surface area contributed by atoms with Crippen molar-refractivity contribution >= 4 is 0 Å². The van der Waals surface area contributed by atoms with Gasteiger partial charge >= 0.3 is 0 Å². The molecule has 0 unspecified atom stereocenters. The fraction of sp³-hybridized carbons (Fsp3) is 0.0400. The van der Waals surface area contributed by atoms with Gasteiger partial charge < -0.3 is 5.11 Å². The van der Waals surface area contributed by atoms with E-state index in [0.29, 0.717) is 0 Å². The third-order valence-electron chi connectivity index (χ3n) is 4.70. The molecule has 0 bridgehead atoms. The summed E-state index contributed by atoms with van der Waals surface area (Å²) in [4.78, 5) is 0. The summed E-state index contributed by atoms with van der Waals surface area (Å²) >= 11 is 0. The van der Waals surface area contributed by atoms with E-state index in [1.807, 2.05) is 42.5 Å². The van der Waals surface area contributed by atoms with E-state index in [9.17, 15) is 5.11 Å². The first kappa shape index (κ1) is 16.2. The predicted octanol–water partition coefficient (Wildman–Crippen LogP) is 6.24. The van der Waals surface area contributed by atoms with Crippen LogP contribution in [0.25, 0.3) is 11.1 Å². The Balaban J connectivity index is 1.95. The Morgan fingerprint density at radius 1 is 0.538 bits per heavy atom. The molecule has 0 saturated carbocycles. The summed E-state index contributed by atoms with van der Waals surface area (Å²) in [5, 5.41) is 10.1. The highest BCUT2D eigenvalue weighted by atomic mass is 16.3. The van der Waals surface area contributed by atoms with Gasteiger partial charge in [0, 0.05) is 5.92 Å². The molecule has 1 heteroatoms. The first-order valence-electron chi connectivity index (χ1n) is 8.81. The summed E-state index contributed by atoms with van der Waals surface area (Å²) in [6.45, 7) is 0. The van der Waals surface area contributed by atoms with Crippen LogP contribution < -0.4 is 0 Å². The average Bonchev–Trinajstić information content (AvgIpc) is 2.71. The zero-order valence-electron chi connectivity index (χ0n) is 14.4. The molecule has 0 aliphatic rings. The normalized spacial score (nSPS) is 10.8. The van der Waals surface area contributed by atoms with Gasteiger partial charge in [-0.25, -0.2) is 0 Å². The molecule has 0 amide bonds. The molecular weight excluding hydrogens is 316 g/mol. The van der Waals surface area contributed by atoms with Crippen LogP contribution in [0.3, 0.4) is 0 Å². The molecule has 0 radical (unpaired) electrons. The van der Waals surface area contributed by atoms with E-state index >= 15 is 0 Å². The van der Waals surface area contributed by atoms with Crippen LogP contribution in [0.1, 0.15) is 22.6 Å². The Morgan fingerprint density at radius 2 is 1.04 bits per heavy atom. The summed E-state index contributed by atoms with van der Waals surface area (Å²) in [7, 11) is 0. The van der Waals surface area contributed by atoms with Gasteiger partial charge in [-0.1, -0.05) is 97.1 Å². The first-order valence-corrected chi connectivity index (χ1v) is 8.81. The van der Waals surface area contributed by atoms with Gasteiger partial charge in [-0.05, 0) is 39.9 Å². The quantitative estimate of drug-likeness (QED) is 0.437. The van der Waals surface area contributed by atoms with Crippen LogP contribution in [0, 0.1) is 0 Å². The van der Waals surface area contributed by atoms with Crippen LogP contribution in [-0.2, 0) is 0 Å². The van der Waals surface area contributed by atoms with Gasteiger partial charge in [0.25, 0.3) is 0 Å². The fourth-order valence-electron chi connectivity index (χ4n) is 3.51. The lowest BCUT2D eigenvalue weighted by atomic mass is 9.81. The Morgan fingerprint density at radius 3 is 1.58 bits per heavy atom. The number of phenols is 1. The number of hydrogen-bond acceptors (Lipinski definition) is 1. The molecule has 126 valence electrons. The second-order valence-corrected chi connectivity index (χ2v) is 6.39. The summed E-state index contributed by atoms with van der Waals surface area (Å²) in [6, 6.07) is 37.0. The molecule has 0 aliphatic carbocycles. The smallest absolute Gasteiger partial charge is 0.116 e. The van der Waals surface area contributed by atoms with Crippen LogP contribution in [0.5, 0.6) is 5.75 Å². The van der Waals surface area contributed by atoms with Crippen molar-refractivity contribution in [2.75, 3.05) is 0 Å². The number of rotatable bonds is 4. The summed E-state index contributed by atoms with van der Waals surface area (Å²) < 4.78 is 0. The molecule has 4 aromatic rings. The highest BCUT2D eigenvalue weighted by Gasteiger charge is 2.20. The van der Waals surface area contributed by atoms with Crippen LogP contribution >= 0.6 is 0 Å². The predicted molar refractivity (Wildman–Crippen MR) is 107 cm³/mol. The lowest BCUT2D eigenvalue weighted by Crippen LogP contribution is -2.05. The van der Waals surface area contributed by atoms with E-state index in [4.69, 9.17) is 0 Å². The van der Waals surface area contributed by atoms with Crippen molar-refractivity contribution in [1.82, 2.24) is 0 Å². The standard InChI is InChI=1S/C25H20O/c26-22-16-17-23(24(18-22)19-10-4-1-5-11-19)25(20-12-6-2-7-13-20)21-14-8-3-9-15-21/h1-18,25-26H. The molecule has 0 aliphatic heterocycles. The molecular formula is C25H20O. The molecule has 1 N–H and O–H groups in total. The van der Waals surface area contributed by atoms with Crippen LogP contribution in [0.2, 0.25) is 0 Å². The van der Waals surface area contributed by atoms with E-state index in [1.165, 1.54) is 16.7 Å². The molecule has 0 atom stereocenters. The first-order chi connectivity index (χ1) is 12.8. The highest BCUT2D eigenvalue weighted by Crippen LogP contribution is 2.39. The summed E-state index contributed by atoms with van der Waals surface area (Å²) in [5.74, 6) is 0.390. The van der Waals surface area contributed by atoms with E-state index < -0.39 is 0 Å². The zero-order valence-corrected chi connectivity index (χ0v) is 14.4. The molecule has 0 saturated heterocycles. The number of benzene rings is 4. The minimum Gasteiger partial charge on any atom is -0.508 e. The summed E-state index contributed by atoms with van der Waals surface area (Å²) in [5.41, 5.74) is 5.83. The molecule has 4 rings (SSSR count). The number of aromatic hydroxyl groups is 1. The number of phenolic OH excluding ortho intramolecular Hbond substituents is 1. The van der Waals surface area contributed by atoms with Gasteiger partial charge in [0.1, 0.15) is 5.75 Å².